The summed E-state index contributed by atoms with van der Waals surface area (Å²) in [5.41, 5.74) is 1.95. The maximum absolute atomic E-state index is 11.7. The fourth-order valence-electron chi connectivity index (χ4n) is 1.40. The molecule has 0 aromatic heterocycles. The Morgan fingerprint density at radius 1 is 1.39 bits per heavy atom. The van der Waals surface area contributed by atoms with E-state index in [2.05, 4.69) is 5.32 Å². The lowest BCUT2D eigenvalue weighted by Crippen LogP contribution is -2.15. The van der Waals surface area contributed by atoms with Crippen LogP contribution in [0.15, 0.2) is 41.6 Å². The average molecular weight is 260 g/mol. The van der Waals surface area contributed by atoms with Crippen LogP contribution in [0, 0.1) is 11.3 Å². The fraction of sp³-hybridized carbons (Fsp3) is 0.286. The van der Waals surface area contributed by atoms with E-state index >= 15 is 0 Å². The van der Waals surface area contributed by atoms with Crippen molar-refractivity contribution in [1.29, 1.82) is 5.26 Å². The maximum atomic E-state index is 11.7. The summed E-state index contributed by atoms with van der Waals surface area (Å²) in [6, 6.07) is 11.8. The molecular formula is C14H16N2OS. The number of nitrogens with one attached hydrogen (secondary N) is 1. The topological polar surface area (TPSA) is 52.9 Å². The number of rotatable bonds is 5. The summed E-state index contributed by atoms with van der Waals surface area (Å²) in [6.45, 7) is 4.27. The van der Waals surface area contributed by atoms with Crippen molar-refractivity contribution in [3.05, 3.63) is 47.2 Å². The van der Waals surface area contributed by atoms with E-state index in [1.807, 2.05) is 43.3 Å². The van der Waals surface area contributed by atoms with Crippen LogP contribution in [0.5, 0.6) is 0 Å². The Kier molecular flexibility index (Phi) is 6.03. The highest BCUT2D eigenvalue weighted by molar-refractivity contribution is 8.14. The number of nitrogens with zero attached hydrogens (tertiary/aromatic N) is 1. The Balaban J connectivity index is 2.70. The Labute approximate surface area is 112 Å². The standard InChI is InChI=1S/C14H16N2OS/c1-3-18-14(17)13(9-15)11(2)16-10-12-7-5-4-6-8-12/h4-8,16H,3,10H2,1-2H3/b13-11+. The molecule has 4 heteroatoms. The average Bonchev–Trinajstić information content (AvgIpc) is 2.39. The zero-order chi connectivity index (χ0) is 13.4. The lowest BCUT2D eigenvalue weighted by Gasteiger charge is -2.08. The van der Waals surface area contributed by atoms with E-state index in [-0.39, 0.29) is 10.7 Å². The third-order valence-electron chi connectivity index (χ3n) is 2.37. The Morgan fingerprint density at radius 2 is 2.06 bits per heavy atom. The van der Waals surface area contributed by atoms with E-state index < -0.39 is 0 Å². The van der Waals surface area contributed by atoms with E-state index in [1.165, 1.54) is 0 Å². The van der Waals surface area contributed by atoms with Crippen LogP contribution < -0.4 is 5.32 Å². The molecule has 18 heavy (non-hydrogen) atoms. The van der Waals surface area contributed by atoms with Crippen LogP contribution >= 0.6 is 11.8 Å². The molecule has 0 unspecified atom stereocenters. The van der Waals surface area contributed by atoms with Gasteiger partial charge in [-0.2, -0.15) is 5.26 Å². The van der Waals surface area contributed by atoms with E-state index in [4.69, 9.17) is 5.26 Å². The zero-order valence-electron chi connectivity index (χ0n) is 10.6. The predicted octanol–water partition coefficient (Wildman–Crippen LogP) is 2.85. The third kappa shape index (κ3) is 4.27. The van der Waals surface area contributed by atoms with Gasteiger partial charge in [0, 0.05) is 12.2 Å². The molecule has 0 saturated carbocycles. The number of allylic oxidation sites excluding steroid dienone is 1. The van der Waals surface area contributed by atoms with Crippen LogP contribution in [0.3, 0.4) is 0 Å². The van der Waals surface area contributed by atoms with Gasteiger partial charge in [0.05, 0.1) is 0 Å². The molecule has 0 saturated heterocycles. The van der Waals surface area contributed by atoms with E-state index in [1.54, 1.807) is 6.92 Å². The van der Waals surface area contributed by atoms with Crippen molar-refractivity contribution in [2.75, 3.05) is 5.75 Å². The zero-order valence-corrected chi connectivity index (χ0v) is 11.4. The van der Waals surface area contributed by atoms with E-state index in [0.717, 1.165) is 17.3 Å². The lowest BCUT2D eigenvalue weighted by atomic mass is 10.2. The summed E-state index contributed by atoms with van der Waals surface area (Å²) >= 11 is 1.15. The van der Waals surface area contributed by atoms with Crippen molar-refractivity contribution < 1.29 is 4.79 Å². The first-order chi connectivity index (χ1) is 8.69. The second-order valence-electron chi connectivity index (χ2n) is 3.67. The largest absolute Gasteiger partial charge is 0.383 e. The van der Waals surface area contributed by atoms with Crippen molar-refractivity contribution >= 4 is 16.9 Å². The molecule has 1 N–H and O–H groups in total. The molecule has 1 aromatic rings. The van der Waals surface area contributed by atoms with Gasteiger partial charge in [0.1, 0.15) is 11.6 Å². The molecule has 0 amide bonds. The van der Waals surface area contributed by atoms with Gasteiger partial charge < -0.3 is 5.32 Å². The summed E-state index contributed by atoms with van der Waals surface area (Å²) in [7, 11) is 0. The first-order valence-corrected chi connectivity index (χ1v) is 6.73. The summed E-state index contributed by atoms with van der Waals surface area (Å²) in [5, 5.41) is 12.0. The highest BCUT2D eigenvalue weighted by Crippen LogP contribution is 2.12. The van der Waals surface area contributed by atoms with E-state index in [9.17, 15) is 4.79 Å². The van der Waals surface area contributed by atoms with Crippen molar-refractivity contribution in [3.8, 4) is 6.07 Å². The normalized spacial score (nSPS) is 11.4. The van der Waals surface area contributed by atoms with Gasteiger partial charge in [0.2, 0.25) is 5.12 Å². The molecule has 0 atom stereocenters. The molecule has 0 spiro atoms. The SMILES string of the molecule is CCSC(=O)/C(C#N)=C(\C)NCc1ccccc1. The third-order valence-corrected chi connectivity index (χ3v) is 3.12. The second kappa shape index (κ2) is 7.57. The van der Waals surface area contributed by atoms with Gasteiger partial charge in [0.25, 0.3) is 0 Å². The molecule has 94 valence electrons. The first kappa shape index (κ1) is 14.3. The van der Waals surface area contributed by atoms with Crippen LogP contribution in [-0.4, -0.2) is 10.9 Å². The molecular weight excluding hydrogens is 244 g/mol. The van der Waals surface area contributed by atoms with Crippen LogP contribution in [0.4, 0.5) is 0 Å². The highest BCUT2D eigenvalue weighted by Gasteiger charge is 2.12. The van der Waals surface area contributed by atoms with Crippen LogP contribution in [0.25, 0.3) is 0 Å². The Morgan fingerprint density at radius 3 is 2.61 bits per heavy atom. The number of hydrogen-bond donors (Lipinski definition) is 1. The van der Waals surface area contributed by atoms with Gasteiger partial charge in [-0.1, -0.05) is 49.0 Å². The highest BCUT2D eigenvalue weighted by atomic mass is 32.2. The molecule has 1 aromatic carbocycles. The molecule has 0 aliphatic heterocycles. The predicted molar refractivity (Wildman–Crippen MR) is 74.7 cm³/mol. The lowest BCUT2D eigenvalue weighted by molar-refractivity contribution is -0.107. The number of carbonyl (C=O) groups excluding carboxylic acids is 1. The summed E-state index contributed by atoms with van der Waals surface area (Å²) in [5.74, 6) is 0.677. The van der Waals surface area contributed by atoms with Gasteiger partial charge in [-0.15, -0.1) is 0 Å². The molecule has 3 nitrogen and oxygen atoms in total. The van der Waals surface area contributed by atoms with Gasteiger partial charge in [-0.25, -0.2) is 0 Å². The Bertz CT molecular complexity index is 474. The van der Waals surface area contributed by atoms with Crippen LogP contribution in [0.1, 0.15) is 19.4 Å². The maximum Gasteiger partial charge on any atom is 0.231 e. The van der Waals surface area contributed by atoms with Crippen molar-refractivity contribution in [2.45, 2.75) is 20.4 Å². The number of thioether (sulfide) groups is 1. The molecule has 0 heterocycles. The number of hydrogen-bond acceptors (Lipinski definition) is 4. The van der Waals surface area contributed by atoms with Gasteiger partial charge in [-0.3, -0.25) is 4.79 Å². The molecule has 0 bridgehead atoms. The quantitative estimate of drug-likeness (QED) is 0.653. The van der Waals surface area contributed by atoms with E-state index in [0.29, 0.717) is 18.0 Å². The Hall–Kier alpha value is -1.73. The minimum Gasteiger partial charge on any atom is -0.383 e. The van der Waals surface area contributed by atoms with Gasteiger partial charge in [-0.05, 0) is 18.2 Å². The number of carbonyl (C=O) groups is 1. The summed E-state index contributed by atoms with van der Waals surface area (Å²) in [4.78, 5) is 11.7. The first-order valence-electron chi connectivity index (χ1n) is 5.75. The van der Waals surface area contributed by atoms with Crippen molar-refractivity contribution in [3.63, 3.8) is 0 Å². The molecule has 0 aliphatic rings. The minimum atomic E-state index is -0.168. The molecule has 1 rings (SSSR count). The fourth-order valence-corrected chi connectivity index (χ4v) is 2.01. The van der Waals surface area contributed by atoms with Crippen LogP contribution in [0.2, 0.25) is 0 Å². The summed E-state index contributed by atoms with van der Waals surface area (Å²) < 4.78 is 0. The number of benzene rings is 1. The summed E-state index contributed by atoms with van der Waals surface area (Å²) in [6.07, 6.45) is 0. The minimum absolute atomic E-state index is 0.168. The van der Waals surface area contributed by atoms with Crippen molar-refractivity contribution in [2.24, 2.45) is 0 Å². The monoisotopic (exact) mass is 260 g/mol. The second-order valence-corrected chi connectivity index (χ2v) is 4.91. The molecule has 0 fully saturated rings. The van der Waals surface area contributed by atoms with Gasteiger partial charge in [0.15, 0.2) is 0 Å². The molecule has 0 aliphatic carbocycles. The number of nitriles is 1. The molecule has 0 radical (unpaired) electrons. The van der Waals surface area contributed by atoms with Crippen LogP contribution in [-0.2, 0) is 11.3 Å². The smallest absolute Gasteiger partial charge is 0.231 e. The van der Waals surface area contributed by atoms with Gasteiger partial charge >= 0.3 is 0 Å². The van der Waals surface area contributed by atoms with Crippen molar-refractivity contribution in [1.82, 2.24) is 5.32 Å².